The molecule has 4 rings (SSSR count). The summed E-state index contributed by atoms with van der Waals surface area (Å²) in [5, 5.41) is 14.8. The SMILES string of the molecule is C=CCn1c(CC2CCCCC2)nnc1SCC(=O)Nc1scc(-c2cc(C)ccc2C)c1C(=O)OC. The molecule has 2 heterocycles. The lowest BCUT2D eigenvalue weighted by Gasteiger charge is -2.21. The lowest BCUT2D eigenvalue weighted by Crippen LogP contribution is -2.17. The lowest BCUT2D eigenvalue weighted by molar-refractivity contribution is -0.113. The molecule has 0 spiro atoms. The number of nitrogens with zero attached hydrogens (tertiary/aromatic N) is 3. The third-order valence-electron chi connectivity index (χ3n) is 6.75. The van der Waals surface area contributed by atoms with Crippen molar-refractivity contribution in [3.63, 3.8) is 0 Å². The second-order valence-corrected chi connectivity index (χ2v) is 11.3. The Kier molecular flexibility index (Phi) is 9.21. The van der Waals surface area contributed by atoms with Crippen LogP contribution < -0.4 is 5.32 Å². The number of rotatable bonds is 10. The Morgan fingerprint density at radius 3 is 2.73 bits per heavy atom. The van der Waals surface area contributed by atoms with E-state index < -0.39 is 5.97 Å². The highest BCUT2D eigenvalue weighted by atomic mass is 32.2. The quantitative estimate of drug-likeness (QED) is 0.181. The number of benzene rings is 1. The van der Waals surface area contributed by atoms with Gasteiger partial charge in [-0.05, 0) is 30.9 Å². The van der Waals surface area contributed by atoms with Gasteiger partial charge in [-0.25, -0.2) is 4.79 Å². The average molecular weight is 539 g/mol. The molecule has 1 aromatic carbocycles. The Morgan fingerprint density at radius 2 is 2.00 bits per heavy atom. The second-order valence-electron chi connectivity index (χ2n) is 9.51. The van der Waals surface area contributed by atoms with E-state index in [1.165, 1.54) is 62.3 Å². The van der Waals surface area contributed by atoms with Gasteiger partial charge in [0.1, 0.15) is 16.4 Å². The number of carbonyl (C=O) groups excluding carboxylic acids is 2. The van der Waals surface area contributed by atoms with E-state index in [1.54, 1.807) is 0 Å². The van der Waals surface area contributed by atoms with E-state index in [4.69, 9.17) is 4.74 Å². The minimum atomic E-state index is -0.474. The van der Waals surface area contributed by atoms with Crippen LogP contribution >= 0.6 is 23.1 Å². The molecule has 0 saturated heterocycles. The fourth-order valence-corrected chi connectivity index (χ4v) is 6.54. The number of esters is 1. The van der Waals surface area contributed by atoms with Gasteiger partial charge in [0.15, 0.2) is 5.16 Å². The van der Waals surface area contributed by atoms with Crippen LogP contribution in [0.4, 0.5) is 5.00 Å². The van der Waals surface area contributed by atoms with Crippen molar-refractivity contribution in [2.45, 2.75) is 64.1 Å². The predicted molar refractivity (Wildman–Crippen MR) is 150 cm³/mol. The molecule has 1 fully saturated rings. The monoisotopic (exact) mass is 538 g/mol. The number of aryl methyl sites for hydroxylation is 2. The van der Waals surface area contributed by atoms with Crippen LogP contribution in [0, 0.1) is 19.8 Å². The summed E-state index contributed by atoms with van der Waals surface area (Å²) >= 11 is 2.67. The lowest BCUT2D eigenvalue weighted by atomic mass is 9.87. The number of hydrogen-bond acceptors (Lipinski definition) is 7. The minimum absolute atomic E-state index is 0.149. The standard InChI is InChI=1S/C28H34N4O3S2/c1-5-13-32-23(15-20-9-7-6-8-10-20)30-31-28(32)37-17-24(33)29-26-25(27(34)35-4)22(16-36-26)21-14-18(2)11-12-19(21)3/h5,11-12,14,16,20H,1,6-10,13,15,17H2,2-4H3,(H,29,33). The van der Waals surface area contributed by atoms with Gasteiger partial charge in [0.05, 0.1) is 12.9 Å². The largest absolute Gasteiger partial charge is 0.465 e. The maximum atomic E-state index is 13.0. The van der Waals surface area contributed by atoms with Gasteiger partial charge in [-0.1, -0.05) is 73.7 Å². The third kappa shape index (κ3) is 6.51. The number of aromatic nitrogens is 3. The normalized spacial score (nSPS) is 13.9. The molecule has 9 heteroatoms. The highest BCUT2D eigenvalue weighted by Gasteiger charge is 2.24. The first-order valence-corrected chi connectivity index (χ1v) is 14.5. The first-order chi connectivity index (χ1) is 17.9. The van der Waals surface area contributed by atoms with Gasteiger partial charge in [-0.15, -0.1) is 28.1 Å². The number of hydrogen-bond donors (Lipinski definition) is 1. The molecule has 0 radical (unpaired) electrons. The van der Waals surface area contributed by atoms with Crippen molar-refractivity contribution in [3.05, 3.63) is 58.7 Å². The number of methoxy groups -OCH3 is 1. The van der Waals surface area contributed by atoms with Crippen LogP contribution in [0.1, 0.15) is 59.4 Å². The molecule has 1 aliphatic rings. The molecule has 1 N–H and O–H groups in total. The first-order valence-electron chi connectivity index (χ1n) is 12.6. The van der Waals surface area contributed by atoms with Gasteiger partial charge in [0.25, 0.3) is 0 Å². The Labute approximate surface area is 226 Å². The van der Waals surface area contributed by atoms with Crippen molar-refractivity contribution >= 4 is 40.0 Å². The second kappa shape index (κ2) is 12.6. The summed E-state index contributed by atoms with van der Waals surface area (Å²) in [5.74, 6) is 1.06. The fourth-order valence-electron chi connectivity index (χ4n) is 4.81. The summed E-state index contributed by atoms with van der Waals surface area (Å²) < 4.78 is 7.13. The third-order valence-corrected chi connectivity index (χ3v) is 8.61. The summed E-state index contributed by atoms with van der Waals surface area (Å²) in [4.78, 5) is 25.7. The number of amides is 1. The number of anilines is 1. The number of nitrogens with one attached hydrogen (secondary N) is 1. The summed E-state index contributed by atoms with van der Waals surface area (Å²) in [6.45, 7) is 8.51. The smallest absolute Gasteiger partial charge is 0.341 e. The van der Waals surface area contributed by atoms with Gasteiger partial charge in [0.2, 0.25) is 5.91 Å². The highest BCUT2D eigenvalue weighted by molar-refractivity contribution is 7.99. The van der Waals surface area contributed by atoms with Gasteiger partial charge in [-0.3, -0.25) is 4.79 Å². The maximum Gasteiger partial charge on any atom is 0.341 e. The molecule has 3 aromatic rings. The summed E-state index contributed by atoms with van der Waals surface area (Å²) in [6.07, 6.45) is 9.10. The maximum absolute atomic E-state index is 13.0. The first kappa shape index (κ1) is 27.1. The van der Waals surface area contributed by atoms with Gasteiger partial charge < -0.3 is 14.6 Å². The van der Waals surface area contributed by atoms with E-state index in [-0.39, 0.29) is 11.7 Å². The molecule has 7 nitrogen and oxygen atoms in total. The van der Waals surface area contributed by atoms with E-state index in [9.17, 15) is 9.59 Å². The van der Waals surface area contributed by atoms with Crippen molar-refractivity contribution in [1.82, 2.24) is 14.8 Å². The molecule has 1 aliphatic carbocycles. The molecule has 1 saturated carbocycles. The number of thiophene rings is 1. The van der Waals surface area contributed by atoms with Crippen LogP contribution in [0.5, 0.6) is 0 Å². The zero-order chi connectivity index (χ0) is 26.4. The molecule has 0 bridgehead atoms. The zero-order valence-corrected chi connectivity index (χ0v) is 23.3. The molecule has 37 heavy (non-hydrogen) atoms. The molecular formula is C28H34N4O3S2. The Bertz CT molecular complexity index is 1270. The van der Waals surface area contributed by atoms with Crippen molar-refractivity contribution < 1.29 is 14.3 Å². The zero-order valence-electron chi connectivity index (χ0n) is 21.7. The molecule has 0 aliphatic heterocycles. The van der Waals surface area contributed by atoms with Crippen LogP contribution in [-0.4, -0.2) is 39.5 Å². The Balaban J connectivity index is 1.48. The van der Waals surface area contributed by atoms with Crippen LogP contribution in [0.25, 0.3) is 11.1 Å². The Hall–Kier alpha value is -2.91. The van der Waals surface area contributed by atoms with Crippen LogP contribution in [0.3, 0.4) is 0 Å². The number of ether oxygens (including phenoxy) is 1. The van der Waals surface area contributed by atoms with E-state index >= 15 is 0 Å². The van der Waals surface area contributed by atoms with Crippen LogP contribution in [-0.2, 0) is 22.5 Å². The van der Waals surface area contributed by atoms with E-state index in [2.05, 4.69) is 26.7 Å². The number of carbonyl (C=O) groups is 2. The summed E-state index contributed by atoms with van der Waals surface area (Å²) in [7, 11) is 1.35. The summed E-state index contributed by atoms with van der Waals surface area (Å²) in [6, 6.07) is 6.11. The molecule has 2 aromatic heterocycles. The molecular weight excluding hydrogens is 504 g/mol. The van der Waals surface area contributed by atoms with Gasteiger partial charge >= 0.3 is 5.97 Å². The molecule has 0 atom stereocenters. The van der Waals surface area contributed by atoms with Crippen molar-refractivity contribution in [3.8, 4) is 11.1 Å². The fraction of sp³-hybridized carbons (Fsp3) is 0.429. The summed E-state index contributed by atoms with van der Waals surface area (Å²) in [5.41, 5.74) is 4.24. The topological polar surface area (TPSA) is 86.1 Å². The van der Waals surface area contributed by atoms with E-state index in [1.807, 2.05) is 43.5 Å². The molecule has 1 amide bonds. The minimum Gasteiger partial charge on any atom is -0.465 e. The van der Waals surface area contributed by atoms with Crippen molar-refractivity contribution in [1.29, 1.82) is 0 Å². The van der Waals surface area contributed by atoms with E-state index in [0.717, 1.165) is 34.5 Å². The van der Waals surface area contributed by atoms with Crippen LogP contribution in [0.2, 0.25) is 0 Å². The highest BCUT2D eigenvalue weighted by Crippen LogP contribution is 2.38. The number of allylic oxidation sites excluding steroid dienone is 1. The van der Waals surface area contributed by atoms with Crippen LogP contribution in [0.15, 0.2) is 41.4 Å². The number of thioether (sulfide) groups is 1. The van der Waals surface area contributed by atoms with Crippen molar-refractivity contribution in [2.24, 2.45) is 5.92 Å². The average Bonchev–Trinajstić information content (AvgIpc) is 3.48. The van der Waals surface area contributed by atoms with E-state index in [0.29, 0.717) is 28.2 Å². The van der Waals surface area contributed by atoms with Gasteiger partial charge in [-0.2, -0.15) is 0 Å². The van der Waals surface area contributed by atoms with Crippen molar-refractivity contribution in [2.75, 3.05) is 18.2 Å². The van der Waals surface area contributed by atoms with Gasteiger partial charge in [0, 0.05) is 23.9 Å². The molecule has 0 unspecified atom stereocenters. The predicted octanol–water partition coefficient (Wildman–Crippen LogP) is 6.45. The molecule has 196 valence electrons. The Morgan fingerprint density at radius 1 is 1.22 bits per heavy atom.